The minimum Gasteiger partial charge on any atom is -0.466 e. The molecule has 0 fully saturated rings. The number of aromatic nitrogens is 2. The number of allylic oxidation sites excluding steroid dienone is 1. The van der Waals surface area contributed by atoms with Gasteiger partial charge < -0.3 is 14.0 Å². The number of methoxy groups -OCH3 is 2. The van der Waals surface area contributed by atoms with Crippen molar-refractivity contribution in [3.05, 3.63) is 65.5 Å². The van der Waals surface area contributed by atoms with E-state index in [-0.39, 0.29) is 5.57 Å². The van der Waals surface area contributed by atoms with Crippen molar-refractivity contribution < 1.29 is 19.1 Å². The summed E-state index contributed by atoms with van der Waals surface area (Å²) in [5, 5.41) is 1.92. The number of benzene rings is 1. The lowest BCUT2D eigenvalue weighted by Gasteiger charge is -2.17. The molecule has 1 aliphatic rings. The van der Waals surface area contributed by atoms with Crippen LogP contribution in [-0.2, 0) is 19.1 Å². The molecule has 0 N–H and O–H groups in total. The first-order chi connectivity index (χ1) is 13.0. The van der Waals surface area contributed by atoms with Crippen LogP contribution < -0.4 is 0 Å². The molecule has 2 heterocycles. The van der Waals surface area contributed by atoms with Gasteiger partial charge in [0.1, 0.15) is 0 Å². The van der Waals surface area contributed by atoms with E-state index in [1.54, 1.807) is 0 Å². The Labute approximate surface area is 161 Å². The van der Waals surface area contributed by atoms with E-state index in [9.17, 15) is 9.59 Å². The van der Waals surface area contributed by atoms with Crippen molar-refractivity contribution in [1.82, 2.24) is 9.55 Å². The quantitative estimate of drug-likeness (QED) is 0.593. The number of imidazole rings is 1. The maximum absolute atomic E-state index is 12.3. The Morgan fingerprint density at radius 2 is 1.85 bits per heavy atom. The monoisotopic (exact) mass is 382 g/mol. The van der Waals surface area contributed by atoms with Gasteiger partial charge in [-0.15, -0.1) is 0 Å². The molecule has 1 aromatic carbocycles. The van der Waals surface area contributed by atoms with Crippen LogP contribution in [0.3, 0.4) is 0 Å². The van der Waals surface area contributed by atoms with E-state index in [4.69, 9.17) is 9.72 Å². The van der Waals surface area contributed by atoms with E-state index in [0.29, 0.717) is 10.7 Å². The van der Waals surface area contributed by atoms with Crippen molar-refractivity contribution in [3.8, 4) is 11.3 Å². The van der Waals surface area contributed by atoms with E-state index >= 15 is 0 Å². The number of fused-ring (bicyclic) bond motifs is 1. The molecule has 7 heteroatoms. The molecular weight excluding hydrogens is 364 g/mol. The number of carbonyl (C=O) groups excluding carboxylic acids is 2. The van der Waals surface area contributed by atoms with Crippen LogP contribution in [0.15, 0.2) is 59.7 Å². The maximum atomic E-state index is 12.3. The highest BCUT2D eigenvalue weighted by atomic mass is 32.2. The Morgan fingerprint density at radius 1 is 1.11 bits per heavy atom. The highest BCUT2D eigenvalue weighted by Crippen LogP contribution is 2.40. The van der Waals surface area contributed by atoms with Crippen LogP contribution in [0.2, 0.25) is 0 Å². The highest BCUT2D eigenvalue weighted by Gasteiger charge is 2.24. The Morgan fingerprint density at radius 3 is 2.52 bits per heavy atom. The lowest BCUT2D eigenvalue weighted by atomic mass is 10.2. The Hall–Kier alpha value is -3.06. The van der Waals surface area contributed by atoms with Gasteiger partial charge in [-0.05, 0) is 18.4 Å². The zero-order chi connectivity index (χ0) is 19.4. The van der Waals surface area contributed by atoms with E-state index < -0.39 is 11.9 Å². The second-order valence-electron chi connectivity index (χ2n) is 5.65. The fraction of sp³-hybridized carbons (Fsp3) is 0.150. The third kappa shape index (κ3) is 3.88. The number of hydrogen-bond donors (Lipinski definition) is 0. The van der Waals surface area contributed by atoms with Crippen LogP contribution in [0.1, 0.15) is 12.7 Å². The molecule has 0 bridgehead atoms. The van der Waals surface area contributed by atoms with Crippen molar-refractivity contribution in [3.63, 3.8) is 0 Å². The summed E-state index contributed by atoms with van der Waals surface area (Å²) in [4.78, 5) is 29.1. The average molecular weight is 382 g/mol. The predicted octanol–water partition coefficient (Wildman–Crippen LogP) is 3.73. The summed E-state index contributed by atoms with van der Waals surface area (Å²) in [5.41, 5.74) is 2.98. The molecule has 0 atom stereocenters. The van der Waals surface area contributed by atoms with Crippen LogP contribution in [-0.4, -0.2) is 35.7 Å². The van der Waals surface area contributed by atoms with Gasteiger partial charge in [0.2, 0.25) is 0 Å². The number of carbonyl (C=O) groups is 2. The zero-order valence-corrected chi connectivity index (χ0v) is 15.9. The van der Waals surface area contributed by atoms with Gasteiger partial charge in [-0.1, -0.05) is 42.1 Å². The molecule has 0 aliphatic carbocycles. The second kappa shape index (κ2) is 8.09. The van der Waals surface area contributed by atoms with E-state index in [0.717, 1.165) is 17.0 Å². The molecule has 1 aliphatic heterocycles. The number of esters is 2. The summed E-state index contributed by atoms with van der Waals surface area (Å²) in [6.07, 6.45) is 4.52. The van der Waals surface area contributed by atoms with Gasteiger partial charge >= 0.3 is 11.9 Å². The number of rotatable bonds is 4. The van der Waals surface area contributed by atoms with Gasteiger partial charge in [0.05, 0.1) is 30.4 Å². The van der Waals surface area contributed by atoms with Gasteiger partial charge in [0.25, 0.3) is 0 Å². The first-order valence-corrected chi connectivity index (χ1v) is 9.00. The van der Waals surface area contributed by atoms with Gasteiger partial charge in [-0.25, -0.2) is 14.6 Å². The molecule has 0 saturated carbocycles. The van der Waals surface area contributed by atoms with E-state index in [2.05, 4.69) is 4.74 Å². The average Bonchev–Trinajstić information content (AvgIpc) is 3.16. The molecule has 0 radical (unpaired) electrons. The minimum atomic E-state index is -0.558. The first-order valence-electron chi connectivity index (χ1n) is 8.12. The van der Waals surface area contributed by atoms with Crippen molar-refractivity contribution in [2.45, 2.75) is 6.92 Å². The summed E-state index contributed by atoms with van der Waals surface area (Å²) in [6, 6.07) is 9.78. The number of thioether (sulfide) groups is 1. The summed E-state index contributed by atoms with van der Waals surface area (Å²) in [7, 11) is 2.57. The predicted molar refractivity (Wildman–Crippen MR) is 105 cm³/mol. The third-order valence-corrected chi connectivity index (χ3v) is 5.04. The van der Waals surface area contributed by atoms with Crippen molar-refractivity contribution in [2.24, 2.45) is 0 Å². The smallest absolute Gasteiger partial charge is 0.339 e. The van der Waals surface area contributed by atoms with Crippen LogP contribution in [0.4, 0.5) is 0 Å². The summed E-state index contributed by atoms with van der Waals surface area (Å²) >= 11 is 1.36. The van der Waals surface area contributed by atoms with E-state index in [1.165, 1.54) is 38.1 Å². The van der Waals surface area contributed by atoms with E-state index in [1.807, 2.05) is 53.4 Å². The van der Waals surface area contributed by atoms with Gasteiger partial charge in [-0.3, -0.25) is 0 Å². The zero-order valence-electron chi connectivity index (χ0n) is 15.1. The van der Waals surface area contributed by atoms with Gasteiger partial charge in [0, 0.05) is 23.5 Å². The van der Waals surface area contributed by atoms with Crippen molar-refractivity contribution in [2.75, 3.05) is 14.2 Å². The Bertz CT molecular complexity index is 971. The van der Waals surface area contributed by atoms with Crippen LogP contribution >= 0.6 is 11.8 Å². The second-order valence-corrected chi connectivity index (χ2v) is 6.53. The molecule has 1 aromatic heterocycles. The van der Waals surface area contributed by atoms with Crippen LogP contribution in [0.25, 0.3) is 21.9 Å². The molecule has 2 aromatic rings. The molecular formula is C20H18N2O4S. The van der Waals surface area contributed by atoms with Crippen LogP contribution in [0.5, 0.6) is 0 Å². The Balaban J connectivity index is 2.15. The SMILES string of the molecule is COC(=O)/C=C/C(C(=O)OC)=C1\SC=C(C)n2cc(-c3ccccc3)nc21. The summed E-state index contributed by atoms with van der Waals surface area (Å²) < 4.78 is 11.4. The number of hydrogen-bond acceptors (Lipinski definition) is 6. The third-order valence-electron chi connectivity index (χ3n) is 3.94. The van der Waals surface area contributed by atoms with Gasteiger partial charge in [-0.2, -0.15) is 0 Å². The molecule has 3 rings (SSSR count). The molecule has 0 amide bonds. The number of nitrogens with zero attached hydrogens (tertiary/aromatic N) is 2. The molecule has 6 nitrogen and oxygen atoms in total. The fourth-order valence-corrected chi connectivity index (χ4v) is 3.49. The minimum absolute atomic E-state index is 0.239. The molecule has 0 saturated heterocycles. The highest BCUT2D eigenvalue weighted by molar-refractivity contribution is 8.11. The van der Waals surface area contributed by atoms with Crippen LogP contribution in [0, 0.1) is 0 Å². The maximum Gasteiger partial charge on any atom is 0.339 e. The fourth-order valence-electron chi connectivity index (χ4n) is 2.56. The molecule has 0 unspecified atom stereocenters. The van der Waals surface area contributed by atoms with Crippen molar-refractivity contribution >= 4 is 34.3 Å². The Kier molecular flexibility index (Phi) is 5.61. The number of ether oxygens (including phenoxy) is 2. The lowest BCUT2D eigenvalue weighted by Crippen LogP contribution is -2.10. The summed E-state index contributed by atoms with van der Waals surface area (Å²) in [6.45, 7) is 1.96. The largest absolute Gasteiger partial charge is 0.466 e. The standard InChI is InChI=1S/C20H18N2O4S/c1-13-12-27-18(15(20(24)26-3)9-10-17(23)25-2)19-21-16(11-22(13)19)14-7-5-4-6-8-14/h4-12H,1-3H3/b10-9+,18-15+. The first kappa shape index (κ1) is 18.7. The van der Waals surface area contributed by atoms with Gasteiger partial charge in [0.15, 0.2) is 5.82 Å². The lowest BCUT2D eigenvalue weighted by molar-refractivity contribution is -0.135. The normalized spacial score (nSPS) is 15.1. The summed E-state index contributed by atoms with van der Waals surface area (Å²) in [5.74, 6) is -0.493. The molecule has 138 valence electrons. The van der Waals surface area contributed by atoms with Crippen molar-refractivity contribution in [1.29, 1.82) is 0 Å². The molecule has 0 spiro atoms. The topological polar surface area (TPSA) is 70.4 Å². The molecule has 27 heavy (non-hydrogen) atoms.